The normalized spacial score (nSPS) is 12.5. The largest absolute Gasteiger partial charge is 0.242 e. The second-order valence-corrected chi connectivity index (χ2v) is 2.90. The zero-order valence-corrected chi connectivity index (χ0v) is 7.26. The van der Waals surface area contributed by atoms with E-state index >= 15 is 0 Å². The van der Waals surface area contributed by atoms with E-state index in [2.05, 4.69) is 6.58 Å². The van der Waals surface area contributed by atoms with Crippen LogP contribution in [-0.4, -0.2) is 0 Å². The summed E-state index contributed by atoms with van der Waals surface area (Å²) in [6.07, 6.45) is 1.09. The smallest absolute Gasteiger partial charge is 0.129 e. The van der Waals surface area contributed by atoms with Crippen molar-refractivity contribution in [3.63, 3.8) is 0 Å². The molecule has 0 aliphatic heterocycles. The van der Waals surface area contributed by atoms with Gasteiger partial charge in [0, 0.05) is 6.42 Å². The highest BCUT2D eigenvalue weighted by molar-refractivity contribution is 5.23. The van der Waals surface area contributed by atoms with Gasteiger partial charge in [0.25, 0.3) is 0 Å². The number of alkyl halides is 1. The van der Waals surface area contributed by atoms with E-state index in [-0.39, 0.29) is 0 Å². The number of allylic oxidation sites excluding steroid dienone is 1. The molecule has 0 saturated carbocycles. The minimum absolute atomic E-state index is 0.392. The fourth-order valence-corrected chi connectivity index (χ4v) is 1.06. The monoisotopic (exact) mass is 164 g/mol. The zero-order valence-electron chi connectivity index (χ0n) is 7.26. The molecule has 0 fully saturated rings. The van der Waals surface area contributed by atoms with Crippen molar-refractivity contribution in [2.75, 3.05) is 0 Å². The van der Waals surface area contributed by atoms with Gasteiger partial charge in [0.2, 0.25) is 0 Å². The van der Waals surface area contributed by atoms with Gasteiger partial charge in [0.05, 0.1) is 0 Å². The molecule has 1 unspecified atom stereocenters. The minimum Gasteiger partial charge on any atom is -0.242 e. The Balaban J connectivity index is 2.74. The van der Waals surface area contributed by atoms with Crippen LogP contribution < -0.4 is 0 Å². The van der Waals surface area contributed by atoms with Gasteiger partial charge in [-0.05, 0) is 12.5 Å². The highest BCUT2D eigenvalue weighted by Crippen LogP contribution is 2.21. The Morgan fingerprint density at radius 1 is 1.42 bits per heavy atom. The highest BCUT2D eigenvalue weighted by Gasteiger charge is 2.05. The lowest BCUT2D eigenvalue weighted by atomic mass is 10.1. The zero-order chi connectivity index (χ0) is 8.97. The molecular weight excluding hydrogens is 151 g/mol. The quantitative estimate of drug-likeness (QED) is 0.599. The first-order valence-electron chi connectivity index (χ1n) is 4.05. The SMILES string of the molecule is C=CCC(F)c1ccc(C)cc1. The molecule has 0 aromatic heterocycles. The molecular formula is C11H13F. The predicted molar refractivity (Wildman–Crippen MR) is 49.8 cm³/mol. The van der Waals surface area contributed by atoms with Crippen molar-refractivity contribution >= 4 is 0 Å². The van der Waals surface area contributed by atoms with Crippen LogP contribution in [0.4, 0.5) is 4.39 Å². The first-order valence-corrected chi connectivity index (χ1v) is 4.05. The maximum absolute atomic E-state index is 13.2. The van der Waals surface area contributed by atoms with Crippen molar-refractivity contribution in [2.45, 2.75) is 19.5 Å². The Morgan fingerprint density at radius 3 is 2.50 bits per heavy atom. The first kappa shape index (κ1) is 8.98. The molecule has 1 atom stereocenters. The molecule has 0 nitrogen and oxygen atoms in total. The Morgan fingerprint density at radius 2 is 2.00 bits per heavy atom. The standard InChI is InChI=1S/C11H13F/c1-3-4-11(12)10-7-5-9(2)6-8-10/h3,5-8,11H,1,4H2,2H3. The number of hydrogen-bond acceptors (Lipinski definition) is 0. The molecule has 12 heavy (non-hydrogen) atoms. The lowest BCUT2D eigenvalue weighted by Crippen LogP contribution is -1.89. The topological polar surface area (TPSA) is 0 Å². The van der Waals surface area contributed by atoms with Crippen LogP contribution >= 0.6 is 0 Å². The molecule has 0 spiro atoms. The number of aryl methyl sites for hydroxylation is 1. The number of hydrogen-bond donors (Lipinski definition) is 0. The average Bonchev–Trinajstić information content (AvgIpc) is 2.06. The molecule has 0 aliphatic carbocycles. The Labute approximate surface area is 72.7 Å². The van der Waals surface area contributed by atoms with Crippen LogP contribution in [0.5, 0.6) is 0 Å². The average molecular weight is 164 g/mol. The summed E-state index contributed by atoms with van der Waals surface area (Å²) in [6.45, 7) is 5.49. The van der Waals surface area contributed by atoms with Gasteiger partial charge in [-0.15, -0.1) is 6.58 Å². The molecule has 0 saturated heterocycles. The third-order valence-corrected chi connectivity index (χ3v) is 1.81. The molecule has 0 bridgehead atoms. The molecule has 64 valence electrons. The van der Waals surface area contributed by atoms with E-state index in [9.17, 15) is 4.39 Å². The van der Waals surface area contributed by atoms with E-state index in [1.165, 1.54) is 0 Å². The second kappa shape index (κ2) is 4.05. The van der Waals surface area contributed by atoms with Crippen LogP contribution in [0.25, 0.3) is 0 Å². The fourth-order valence-electron chi connectivity index (χ4n) is 1.06. The van der Waals surface area contributed by atoms with Crippen LogP contribution in [0.15, 0.2) is 36.9 Å². The van der Waals surface area contributed by atoms with Gasteiger partial charge >= 0.3 is 0 Å². The number of rotatable bonds is 3. The molecule has 0 heterocycles. The van der Waals surface area contributed by atoms with Crippen molar-refractivity contribution in [3.8, 4) is 0 Å². The van der Waals surface area contributed by atoms with Gasteiger partial charge in [0.15, 0.2) is 0 Å². The molecule has 1 heteroatoms. The van der Waals surface area contributed by atoms with Crippen LogP contribution in [0.2, 0.25) is 0 Å². The molecule has 0 radical (unpaired) electrons. The summed E-state index contributed by atoms with van der Waals surface area (Å²) < 4.78 is 13.2. The highest BCUT2D eigenvalue weighted by atomic mass is 19.1. The van der Waals surface area contributed by atoms with Gasteiger partial charge in [-0.2, -0.15) is 0 Å². The summed E-state index contributed by atoms with van der Waals surface area (Å²) in [5.41, 5.74) is 1.89. The number of halogens is 1. The van der Waals surface area contributed by atoms with Gasteiger partial charge in [-0.3, -0.25) is 0 Å². The predicted octanol–water partition coefficient (Wildman–Crippen LogP) is 3.58. The van der Waals surface area contributed by atoms with E-state index in [0.717, 1.165) is 11.1 Å². The summed E-state index contributed by atoms with van der Waals surface area (Å²) in [6, 6.07) is 7.49. The molecule has 1 aromatic carbocycles. The molecule has 1 rings (SSSR count). The van der Waals surface area contributed by atoms with Crippen LogP contribution in [-0.2, 0) is 0 Å². The second-order valence-electron chi connectivity index (χ2n) is 2.90. The third kappa shape index (κ3) is 2.19. The van der Waals surface area contributed by atoms with E-state index in [4.69, 9.17) is 0 Å². The first-order chi connectivity index (χ1) is 5.74. The summed E-state index contributed by atoms with van der Waals surface area (Å²) in [5, 5.41) is 0. The Bertz CT molecular complexity index is 248. The third-order valence-electron chi connectivity index (χ3n) is 1.81. The summed E-state index contributed by atoms with van der Waals surface area (Å²) >= 11 is 0. The van der Waals surface area contributed by atoms with Crippen LogP contribution in [0, 0.1) is 6.92 Å². The Hall–Kier alpha value is -1.11. The maximum atomic E-state index is 13.2. The molecule has 0 aliphatic rings. The summed E-state index contributed by atoms with van der Waals surface area (Å²) in [5.74, 6) is 0. The fraction of sp³-hybridized carbons (Fsp3) is 0.273. The van der Waals surface area contributed by atoms with Crippen molar-refractivity contribution < 1.29 is 4.39 Å². The van der Waals surface area contributed by atoms with Crippen LogP contribution in [0.3, 0.4) is 0 Å². The van der Waals surface area contributed by atoms with E-state index < -0.39 is 6.17 Å². The van der Waals surface area contributed by atoms with Gasteiger partial charge < -0.3 is 0 Å². The van der Waals surface area contributed by atoms with E-state index in [0.29, 0.717) is 6.42 Å². The molecule has 0 N–H and O–H groups in total. The van der Waals surface area contributed by atoms with Crippen molar-refractivity contribution in [1.29, 1.82) is 0 Å². The maximum Gasteiger partial charge on any atom is 0.129 e. The van der Waals surface area contributed by atoms with Crippen molar-refractivity contribution in [3.05, 3.63) is 48.0 Å². The minimum atomic E-state index is -0.900. The van der Waals surface area contributed by atoms with E-state index in [1.807, 2.05) is 31.2 Å². The lowest BCUT2D eigenvalue weighted by Gasteiger charge is -2.05. The number of benzene rings is 1. The van der Waals surface area contributed by atoms with Gasteiger partial charge in [0.1, 0.15) is 6.17 Å². The van der Waals surface area contributed by atoms with Crippen LogP contribution in [0.1, 0.15) is 23.7 Å². The summed E-state index contributed by atoms with van der Waals surface area (Å²) in [7, 11) is 0. The van der Waals surface area contributed by atoms with Crippen molar-refractivity contribution in [1.82, 2.24) is 0 Å². The van der Waals surface area contributed by atoms with Crippen molar-refractivity contribution in [2.24, 2.45) is 0 Å². The summed E-state index contributed by atoms with van der Waals surface area (Å²) in [4.78, 5) is 0. The van der Waals surface area contributed by atoms with E-state index in [1.54, 1.807) is 6.08 Å². The Kier molecular flexibility index (Phi) is 3.03. The molecule has 1 aromatic rings. The van der Waals surface area contributed by atoms with Gasteiger partial charge in [-0.1, -0.05) is 35.9 Å². The lowest BCUT2D eigenvalue weighted by molar-refractivity contribution is 0.347. The molecule has 0 amide bonds. The van der Waals surface area contributed by atoms with Gasteiger partial charge in [-0.25, -0.2) is 4.39 Å².